The zero-order chi connectivity index (χ0) is 15.7. The topological polar surface area (TPSA) is 36.9 Å². The maximum Gasteiger partial charge on any atom is 0.193 e. The Bertz CT molecular complexity index is 440. The Labute approximate surface area is 150 Å². The largest absolute Gasteiger partial charge is 0.375 e. The van der Waals surface area contributed by atoms with Crippen molar-refractivity contribution in [2.45, 2.75) is 25.9 Å². The lowest BCUT2D eigenvalue weighted by Gasteiger charge is -2.24. The Balaban J connectivity index is 0.00000441. The van der Waals surface area contributed by atoms with Gasteiger partial charge in [-0.3, -0.25) is 4.99 Å². The highest BCUT2D eigenvalue weighted by Gasteiger charge is 2.13. The normalized spacial score (nSPS) is 12.5. The summed E-state index contributed by atoms with van der Waals surface area (Å²) in [5.74, 6) is 0.601. The van der Waals surface area contributed by atoms with Crippen LogP contribution < -0.4 is 5.32 Å². The van der Waals surface area contributed by atoms with E-state index in [1.54, 1.807) is 26.3 Å². The first-order valence-corrected chi connectivity index (χ1v) is 7.32. The fourth-order valence-corrected chi connectivity index (χ4v) is 2.08. The van der Waals surface area contributed by atoms with E-state index in [0.717, 1.165) is 30.9 Å². The Kier molecular flexibility index (Phi) is 11.2. The summed E-state index contributed by atoms with van der Waals surface area (Å²) in [4.78, 5) is 6.37. The van der Waals surface area contributed by atoms with Gasteiger partial charge in [-0.2, -0.15) is 0 Å². The van der Waals surface area contributed by atoms with Gasteiger partial charge in [0, 0.05) is 34.3 Å². The maximum atomic E-state index is 13.0. The minimum Gasteiger partial charge on any atom is -0.375 e. The van der Waals surface area contributed by atoms with Crippen molar-refractivity contribution >= 4 is 29.9 Å². The molecular weight excluding hydrogens is 396 g/mol. The summed E-state index contributed by atoms with van der Waals surface area (Å²) in [5.41, 5.74) is 0.943. The third-order valence-electron chi connectivity index (χ3n) is 3.39. The molecule has 1 atom stereocenters. The van der Waals surface area contributed by atoms with Gasteiger partial charge in [0.15, 0.2) is 5.96 Å². The van der Waals surface area contributed by atoms with Gasteiger partial charge in [0.1, 0.15) is 5.82 Å². The van der Waals surface area contributed by atoms with Crippen LogP contribution in [0.4, 0.5) is 4.39 Å². The molecule has 0 spiro atoms. The molecule has 126 valence electrons. The van der Waals surface area contributed by atoms with Crippen molar-refractivity contribution in [2.75, 3.05) is 34.3 Å². The highest BCUT2D eigenvalue weighted by Crippen LogP contribution is 2.16. The van der Waals surface area contributed by atoms with Gasteiger partial charge in [-0.25, -0.2) is 4.39 Å². The van der Waals surface area contributed by atoms with E-state index in [1.165, 1.54) is 12.1 Å². The minimum absolute atomic E-state index is 0. The average Bonchev–Trinajstić information content (AvgIpc) is 2.50. The zero-order valence-corrected chi connectivity index (χ0v) is 16.1. The van der Waals surface area contributed by atoms with Crippen LogP contribution in [0.5, 0.6) is 0 Å². The molecule has 0 fully saturated rings. The zero-order valence-electron chi connectivity index (χ0n) is 13.8. The molecule has 0 heterocycles. The molecule has 0 amide bonds. The molecule has 1 rings (SSSR count). The molecule has 6 heteroatoms. The first-order chi connectivity index (χ1) is 10.1. The third-order valence-corrected chi connectivity index (χ3v) is 3.39. The predicted molar refractivity (Wildman–Crippen MR) is 100 cm³/mol. The molecule has 0 bridgehead atoms. The molecule has 22 heavy (non-hydrogen) atoms. The highest BCUT2D eigenvalue weighted by atomic mass is 127. The summed E-state index contributed by atoms with van der Waals surface area (Å²) in [5, 5.41) is 3.30. The minimum atomic E-state index is -0.239. The van der Waals surface area contributed by atoms with Crippen LogP contribution in [0.3, 0.4) is 0 Å². The van der Waals surface area contributed by atoms with Gasteiger partial charge in [-0.05, 0) is 24.1 Å². The fraction of sp³-hybridized carbons (Fsp3) is 0.562. The summed E-state index contributed by atoms with van der Waals surface area (Å²) in [6, 6.07) is 6.39. The van der Waals surface area contributed by atoms with E-state index in [-0.39, 0.29) is 35.9 Å². The number of guanidine groups is 1. The quantitative estimate of drug-likeness (QED) is 0.415. The number of nitrogens with one attached hydrogen (secondary N) is 1. The Morgan fingerprint density at radius 3 is 2.50 bits per heavy atom. The molecule has 0 aliphatic heterocycles. The van der Waals surface area contributed by atoms with Crippen molar-refractivity contribution in [1.29, 1.82) is 0 Å². The maximum absolute atomic E-state index is 13.0. The number of unbranched alkanes of at least 4 members (excludes halogenated alkanes) is 1. The first kappa shape index (κ1) is 21.1. The number of rotatable bonds is 7. The SMILES string of the molecule is CCCCN(C)C(=NC)NCC(OC)c1ccc(F)cc1.I. The monoisotopic (exact) mass is 423 g/mol. The molecule has 0 aliphatic rings. The van der Waals surface area contributed by atoms with Crippen LogP contribution in [0.15, 0.2) is 29.3 Å². The van der Waals surface area contributed by atoms with Gasteiger partial charge >= 0.3 is 0 Å². The third kappa shape index (κ3) is 6.91. The van der Waals surface area contributed by atoms with Crippen LogP contribution in [0.25, 0.3) is 0 Å². The summed E-state index contributed by atoms with van der Waals surface area (Å²) >= 11 is 0. The molecule has 0 saturated carbocycles. The van der Waals surface area contributed by atoms with E-state index >= 15 is 0 Å². The van der Waals surface area contributed by atoms with E-state index in [2.05, 4.69) is 22.1 Å². The molecule has 0 saturated heterocycles. The standard InChI is InChI=1S/C16H26FN3O.HI/c1-5-6-11-20(3)16(18-2)19-12-15(21-4)13-7-9-14(17)10-8-13;/h7-10,15H,5-6,11-12H2,1-4H3,(H,18,19);1H. The van der Waals surface area contributed by atoms with E-state index in [4.69, 9.17) is 4.74 Å². The van der Waals surface area contributed by atoms with Crippen molar-refractivity contribution in [1.82, 2.24) is 10.2 Å². The lowest BCUT2D eigenvalue weighted by Crippen LogP contribution is -2.41. The molecule has 4 nitrogen and oxygen atoms in total. The summed E-state index contributed by atoms with van der Waals surface area (Å²) in [7, 11) is 5.44. The lowest BCUT2D eigenvalue weighted by atomic mass is 10.1. The summed E-state index contributed by atoms with van der Waals surface area (Å²) in [6.07, 6.45) is 2.14. The van der Waals surface area contributed by atoms with E-state index in [9.17, 15) is 4.39 Å². The van der Waals surface area contributed by atoms with Crippen LogP contribution in [-0.4, -0.2) is 45.2 Å². The van der Waals surface area contributed by atoms with Gasteiger partial charge in [0.2, 0.25) is 0 Å². The van der Waals surface area contributed by atoms with Crippen molar-refractivity contribution < 1.29 is 9.13 Å². The van der Waals surface area contributed by atoms with Crippen molar-refractivity contribution in [3.05, 3.63) is 35.6 Å². The van der Waals surface area contributed by atoms with Crippen LogP contribution >= 0.6 is 24.0 Å². The number of hydrogen-bond acceptors (Lipinski definition) is 2. The second-order valence-electron chi connectivity index (χ2n) is 4.98. The van der Waals surface area contributed by atoms with E-state index in [1.807, 2.05) is 7.05 Å². The molecular formula is C16H27FIN3O. The fourth-order valence-electron chi connectivity index (χ4n) is 2.08. The number of hydrogen-bond donors (Lipinski definition) is 1. The smallest absolute Gasteiger partial charge is 0.193 e. The van der Waals surface area contributed by atoms with E-state index in [0.29, 0.717) is 6.54 Å². The molecule has 0 aliphatic carbocycles. The average molecular weight is 423 g/mol. The van der Waals surface area contributed by atoms with Crippen molar-refractivity contribution in [2.24, 2.45) is 4.99 Å². The molecule has 0 aromatic heterocycles. The predicted octanol–water partition coefficient (Wildman–Crippen LogP) is 3.44. The van der Waals surface area contributed by atoms with Crippen LogP contribution in [-0.2, 0) is 4.74 Å². The van der Waals surface area contributed by atoms with Gasteiger partial charge < -0.3 is 15.0 Å². The number of aliphatic imine (C=N–C) groups is 1. The lowest BCUT2D eigenvalue weighted by molar-refractivity contribution is 0.106. The van der Waals surface area contributed by atoms with Gasteiger partial charge in [-0.15, -0.1) is 24.0 Å². The van der Waals surface area contributed by atoms with Crippen LogP contribution in [0.1, 0.15) is 31.4 Å². The first-order valence-electron chi connectivity index (χ1n) is 7.32. The molecule has 1 unspecified atom stereocenters. The second kappa shape index (κ2) is 11.6. The number of halogens is 2. The molecule has 1 aromatic carbocycles. The van der Waals surface area contributed by atoms with Crippen LogP contribution in [0, 0.1) is 5.82 Å². The van der Waals surface area contributed by atoms with Crippen molar-refractivity contribution in [3.8, 4) is 0 Å². The highest BCUT2D eigenvalue weighted by molar-refractivity contribution is 14.0. The number of benzene rings is 1. The summed E-state index contributed by atoms with van der Waals surface area (Å²) < 4.78 is 18.4. The number of nitrogens with zero attached hydrogens (tertiary/aromatic N) is 2. The Morgan fingerprint density at radius 1 is 1.36 bits per heavy atom. The van der Waals surface area contributed by atoms with Crippen molar-refractivity contribution in [3.63, 3.8) is 0 Å². The molecule has 1 N–H and O–H groups in total. The Morgan fingerprint density at radius 2 is 2.00 bits per heavy atom. The number of ether oxygens (including phenoxy) is 1. The van der Waals surface area contributed by atoms with E-state index < -0.39 is 0 Å². The van der Waals surface area contributed by atoms with Gasteiger partial charge in [0.25, 0.3) is 0 Å². The Hall–Kier alpha value is -0.890. The summed E-state index contributed by atoms with van der Waals surface area (Å²) in [6.45, 7) is 3.72. The molecule has 1 aromatic rings. The number of methoxy groups -OCH3 is 1. The second-order valence-corrected chi connectivity index (χ2v) is 4.98. The van der Waals surface area contributed by atoms with Crippen LogP contribution in [0.2, 0.25) is 0 Å². The molecule has 0 radical (unpaired) electrons. The van der Waals surface area contributed by atoms with Gasteiger partial charge in [-0.1, -0.05) is 25.5 Å². The van der Waals surface area contributed by atoms with Gasteiger partial charge in [0.05, 0.1) is 6.10 Å².